The lowest BCUT2D eigenvalue weighted by molar-refractivity contribution is -0.137. The number of pyridine rings is 2. The quantitative estimate of drug-likeness (QED) is 0.496. The third-order valence-corrected chi connectivity index (χ3v) is 5.71. The molecule has 150 valence electrons. The van der Waals surface area contributed by atoms with E-state index in [1.54, 1.807) is 18.0 Å². The van der Waals surface area contributed by atoms with Crippen LogP contribution in [0.2, 0.25) is 0 Å². The summed E-state index contributed by atoms with van der Waals surface area (Å²) in [6.45, 7) is 0. The lowest BCUT2D eigenvalue weighted by atomic mass is 10.3. The Morgan fingerprint density at radius 1 is 1.00 bits per heavy atom. The van der Waals surface area contributed by atoms with E-state index in [1.807, 2.05) is 42.6 Å². The molecule has 0 aliphatic rings. The Kier molecular flexibility index (Phi) is 7.16. The first-order valence-corrected chi connectivity index (χ1v) is 10.4. The van der Waals surface area contributed by atoms with Gasteiger partial charge in [-0.1, -0.05) is 17.8 Å². The van der Waals surface area contributed by atoms with Gasteiger partial charge in [0.15, 0.2) is 0 Å². The number of aromatic nitrogens is 2. The fraction of sp³-hybridized carbons (Fsp3) is 0.150. The lowest BCUT2D eigenvalue weighted by Gasteiger charge is -2.08. The summed E-state index contributed by atoms with van der Waals surface area (Å²) in [6, 6.07) is 13.6. The second-order valence-corrected chi connectivity index (χ2v) is 7.94. The van der Waals surface area contributed by atoms with Gasteiger partial charge >= 0.3 is 6.18 Å². The number of benzene rings is 1. The molecular weight excluding hydrogens is 419 g/mol. The molecule has 0 atom stereocenters. The van der Waals surface area contributed by atoms with Crippen molar-refractivity contribution in [2.45, 2.75) is 21.9 Å². The number of carbonyl (C=O) groups excluding carboxylic acids is 1. The molecule has 4 nitrogen and oxygen atoms in total. The van der Waals surface area contributed by atoms with Gasteiger partial charge in [-0.05, 0) is 48.0 Å². The number of carbonyl (C=O) groups is 1. The number of anilines is 1. The van der Waals surface area contributed by atoms with Gasteiger partial charge in [0.25, 0.3) is 0 Å². The first-order chi connectivity index (χ1) is 13.9. The highest BCUT2D eigenvalue weighted by molar-refractivity contribution is 8.00. The zero-order valence-corrected chi connectivity index (χ0v) is 16.7. The Labute approximate surface area is 174 Å². The lowest BCUT2D eigenvalue weighted by Crippen LogP contribution is -2.14. The average molecular weight is 435 g/mol. The second-order valence-electron chi connectivity index (χ2n) is 5.89. The van der Waals surface area contributed by atoms with E-state index in [0.717, 1.165) is 40.2 Å². The topological polar surface area (TPSA) is 54.9 Å². The molecule has 2 aromatic heterocycles. The third-order valence-electron chi connectivity index (χ3n) is 3.68. The summed E-state index contributed by atoms with van der Waals surface area (Å²) in [4.78, 5) is 20.9. The number of nitrogens with zero attached hydrogens (tertiary/aromatic N) is 2. The molecule has 0 radical (unpaired) electrons. The highest BCUT2D eigenvalue weighted by atomic mass is 32.2. The first kappa shape index (κ1) is 21.2. The van der Waals surface area contributed by atoms with Crippen LogP contribution in [0.25, 0.3) is 0 Å². The van der Waals surface area contributed by atoms with Crippen LogP contribution in [0.4, 0.5) is 18.9 Å². The number of amides is 1. The largest absolute Gasteiger partial charge is 0.417 e. The van der Waals surface area contributed by atoms with Crippen LogP contribution in [0.5, 0.6) is 0 Å². The van der Waals surface area contributed by atoms with E-state index in [9.17, 15) is 18.0 Å². The van der Waals surface area contributed by atoms with E-state index in [1.165, 1.54) is 6.07 Å². The summed E-state index contributed by atoms with van der Waals surface area (Å²) < 4.78 is 37.6. The smallest absolute Gasteiger partial charge is 0.325 e. The Morgan fingerprint density at radius 2 is 1.79 bits per heavy atom. The monoisotopic (exact) mass is 435 g/mol. The van der Waals surface area contributed by atoms with Crippen LogP contribution in [0.15, 0.2) is 77.0 Å². The number of halogens is 3. The molecule has 1 amide bonds. The maximum absolute atomic E-state index is 12.5. The summed E-state index contributed by atoms with van der Waals surface area (Å²) in [5.74, 6) is 0.596. The molecule has 0 aliphatic heterocycles. The van der Waals surface area contributed by atoms with Crippen LogP contribution in [0.1, 0.15) is 11.1 Å². The van der Waals surface area contributed by atoms with Gasteiger partial charge in [0.2, 0.25) is 5.91 Å². The maximum Gasteiger partial charge on any atom is 0.417 e. The first-order valence-electron chi connectivity index (χ1n) is 8.48. The Hall–Kier alpha value is -2.52. The van der Waals surface area contributed by atoms with Gasteiger partial charge in [-0.15, -0.1) is 11.8 Å². The van der Waals surface area contributed by atoms with Gasteiger partial charge in [-0.25, -0.2) is 4.98 Å². The zero-order valence-electron chi connectivity index (χ0n) is 15.0. The van der Waals surface area contributed by atoms with Crippen molar-refractivity contribution < 1.29 is 18.0 Å². The Morgan fingerprint density at radius 3 is 2.41 bits per heavy atom. The second kappa shape index (κ2) is 9.80. The number of hydrogen-bond donors (Lipinski definition) is 1. The van der Waals surface area contributed by atoms with Crippen molar-refractivity contribution in [2.75, 3.05) is 11.1 Å². The van der Waals surface area contributed by atoms with E-state index in [4.69, 9.17) is 0 Å². The van der Waals surface area contributed by atoms with Crippen molar-refractivity contribution in [3.05, 3.63) is 78.2 Å². The molecule has 3 aromatic rings. The molecular formula is C20H16F3N3OS2. The van der Waals surface area contributed by atoms with Gasteiger partial charge in [0, 0.05) is 34.9 Å². The summed E-state index contributed by atoms with van der Waals surface area (Å²) in [5, 5.41) is 3.12. The van der Waals surface area contributed by atoms with Gasteiger partial charge in [0.05, 0.1) is 16.3 Å². The summed E-state index contributed by atoms with van der Waals surface area (Å²) >= 11 is 2.74. The average Bonchev–Trinajstić information content (AvgIpc) is 2.72. The molecule has 0 aliphatic carbocycles. The van der Waals surface area contributed by atoms with Crippen molar-refractivity contribution in [1.82, 2.24) is 9.97 Å². The molecule has 9 heteroatoms. The molecule has 0 saturated heterocycles. The van der Waals surface area contributed by atoms with Crippen LogP contribution >= 0.6 is 23.5 Å². The summed E-state index contributed by atoms with van der Waals surface area (Å²) in [6.07, 6.45) is -0.0967. The molecule has 0 spiro atoms. The number of rotatable bonds is 7. The van der Waals surface area contributed by atoms with Gasteiger partial charge in [-0.3, -0.25) is 9.78 Å². The van der Waals surface area contributed by atoms with Crippen molar-refractivity contribution in [3.63, 3.8) is 0 Å². The van der Waals surface area contributed by atoms with E-state index < -0.39 is 11.7 Å². The highest BCUT2D eigenvalue weighted by Gasteiger charge is 2.30. The van der Waals surface area contributed by atoms with Crippen LogP contribution in [0.3, 0.4) is 0 Å². The number of thioether (sulfide) groups is 2. The van der Waals surface area contributed by atoms with Crippen molar-refractivity contribution in [2.24, 2.45) is 0 Å². The Balaban J connectivity index is 1.45. The van der Waals surface area contributed by atoms with E-state index >= 15 is 0 Å². The molecule has 1 N–H and O–H groups in total. The number of nitrogens with one attached hydrogen (secondary N) is 1. The fourth-order valence-electron chi connectivity index (χ4n) is 2.25. The summed E-state index contributed by atoms with van der Waals surface area (Å²) in [7, 11) is 0. The molecule has 3 rings (SSSR count). The molecule has 0 unspecified atom stereocenters. The van der Waals surface area contributed by atoms with Crippen LogP contribution < -0.4 is 5.32 Å². The minimum Gasteiger partial charge on any atom is -0.325 e. The van der Waals surface area contributed by atoms with E-state index in [0.29, 0.717) is 10.7 Å². The van der Waals surface area contributed by atoms with Crippen LogP contribution in [-0.2, 0) is 16.7 Å². The minimum absolute atomic E-state index is 0.0515. The van der Waals surface area contributed by atoms with Gasteiger partial charge in [0.1, 0.15) is 0 Å². The van der Waals surface area contributed by atoms with Crippen molar-refractivity contribution >= 4 is 35.1 Å². The molecule has 29 heavy (non-hydrogen) atoms. The standard InChI is InChI=1S/C20H16F3N3OS2/c21-20(22,23)15-3-8-19(25-11-15)29-13-18(27)26-16-4-6-17(7-5-16)28-12-14-2-1-9-24-10-14/h1-11H,12-13H2,(H,26,27). The maximum atomic E-state index is 12.5. The van der Waals surface area contributed by atoms with Gasteiger partial charge in [-0.2, -0.15) is 13.2 Å². The molecule has 0 bridgehead atoms. The third kappa shape index (κ3) is 6.79. The van der Waals surface area contributed by atoms with Crippen LogP contribution in [-0.4, -0.2) is 21.6 Å². The highest BCUT2D eigenvalue weighted by Crippen LogP contribution is 2.29. The SMILES string of the molecule is O=C(CSc1ccc(C(F)(F)F)cn1)Nc1ccc(SCc2cccnc2)cc1. The van der Waals surface area contributed by atoms with Crippen molar-refractivity contribution in [1.29, 1.82) is 0 Å². The molecule has 1 aromatic carbocycles. The Bertz CT molecular complexity index is 934. The minimum atomic E-state index is -4.42. The fourth-order valence-corrected chi connectivity index (χ4v) is 3.73. The number of alkyl halides is 3. The summed E-state index contributed by atoms with van der Waals surface area (Å²) in [5.41, 5.74) is 0.971. The normalized spacial score (nSPS) is 11.3. The predicted molar refractivity (Wildman–Crippen MR) is 109 cm³/mol. The van der Waals surface area contributed by atoms with Crippen LogP contribution in [0, 0.1) is 0 Å². The molecule has 0 saturated carbocycles. The van der Waals surface area contributed by atoms with Gasteiger partial charge < -0.3 is 5.32 Å². The number of hydrogen-bond acceptors (Lipinski definition) is 5. The molecule has 2 heterocycles. The predicted octanol–water partition coefficient (Wildman–Crippen LogP) is 5.52. The zero-order chi connectivity index (χ0) is 20.7. The van der Waals surface area contributed by atoms with E-state index in [-0.39, 0.29) is 11.7 Å². The van der Waals surface area contributed by atoms with E-state index in [2.05, 4.69) is 15.3 Å². The van der Waals surface area contributed by atoms with Crippen molar-refractivity contribution in [3.8, 4) is 0 Å². The molecule has 0 fully saturated rings.